The summed E-state index contributed by atoms with van der Waals surface area (Å²) in [5.74, 6) is 0.712. The fourth-order valence-corrected chi connectivity index (χ4v) is 2.68. The molecule has 0 unspecified atom stereocenters. The molecule has 1 heterocycles. The minimum Gasteiger partial charge on any atom is -0.486 e. The van der Waals surface area contributed by atoms with Crippen molar-refractivity contribution in [3.8, 4) is 5.75 Å². The van der Waals surface area contributed by atoms with Gasteiger partial charge in [0.1, 0.15) is 18.1 Å². The Labute approximate surface area is 176 Å². The Bertz CT molecular complexity index is 983. The van der Waals surface area contributed by atoms with Gasteiger partial charge in [0.15, 0.2) is 5.76 Å². The molecule has 0 aliphatic rings. The number of benzene rings is 2. The van der Waals surface area contributed by atoms with Gasteiger partial charge in [-0.15, -0.1) is 0 Å². The first-order chi connectivity index (χ1) is 14.0. The number of rotatable bonds is 7. The summed E-state index contributed by atoms with van der Waals surface area (Å²) >= 11 is 3.37. The van der Waals surface area contributed by atoms with Crippen molar-refractivity contribution in [2.45, 2.75) is 6.61 Å². The molecule has 8 heteroatoms. The van der Waals surface area contributed by atoms with Gasteiger partial charge in [-0.2, -0.15) is 0 Å². The number of ether oxygens (including phenoxy) is 1. The van der Waals surface area contributed by atoms with E-state index in [4.69, 9.17) is 14.0 Å². The van der Waals surface area contributed by atoms with Gasteiger partial charge in [0.25, 0.3) is 11.8 Å². The Kier molecular flexibility index (Phi) is 6.69. The maximum absolute atomic E-state index is 12.4. The van der Waals surface area contributed by atoms with Gasteiger partial charge in [-0.25, -0.2) is 5.06 Å². The van der Waals surface area contributed by atoms with E-state index < -0.39 is 5.91 Å². The Morgan fingerprint density at radius 3 is 2.38 bits per heavy atom. The highest BCUT2D eigenvalue weighted by Gasteiger charge is 2.14. The van der Waals surface area contributed by atoms with Crippen molar-refractivity contribution in [3.63, 3.8) is 0 Å². The molecule has 0 saturated heterocycles. The molecule has 1 aromatic heterocycles. The van der Waals surface area contributed by atoms with Crippen LogP contribution in [0, 0.1) is 0 Å². The van der Waals surface area contributed by atoms with Crippen LogP contribution in [-0.4, -0.2) is 31.0 Å². The van der Waals surface area contributed by atoms with Crippen molar-refractivity contribution in [1.29, 1.82) is 0 Å². The largest absolute Gasteiger partial charge is 0.486 e. The molecule has 0 bridgehead atoms. The van der Waals surface area contributed by atoms with Crippen molar-refractivity contribution in [2.24, 2.45) is 0 Å². The lowest BCUT2D eigenvalue weighted by molar-refractivity contribution is -0.0756. The van der Waals surface area contributed by atoms with Crippen LogP contribution in [0.5, 0.6) is 5.75 Å². The van der Waals surface area contributed by atoms with E-state index in [1.165, 1.54) is 14.2 Å². The number of halogens is 1. The number of hydrogen-bond acceptors (Lipinski definition) is 5. The SMILES string of the molecule is CON(C)C(=O)c1ccc(NC(=O)c2ccc(COc3ccc(Br)cc3)o2)cc1. The van der Waals surface area contributed by atoms with Crippen LogP contribution in [-0.2, 0) is 11.4 Å². The van der Waals surface area contributed by atoms with Gasteiger partial charge in [-0.1, -0.05) is 15.9 Å². The monoisotopic (exact) mass is 458 g/mol. The molecule has 0 aliphatic carbocycles. The number of carbonyl (C=O) groups excluding carboxylic acids is 2. The van der Waals surface area contributed by atoms with Gasteiger partial charge in [0, 0.05) is 22.8 Å². The van der Waals surface area contributed by atoms with Crippen LogP contribution in [0.3, 0.4) is 0 Å². The molecule has 1 N–H and O–H groups in total. The van der Waals surface area contributed by atoms with Crippen LogP contribution in [0.25, 0.3) is 0 Å². The minimum absolute atomic E-state index is 0.165. The topological polar surface area (TPSA) is 81.0 Å². The molecule has 0 saturated carbocycles. The van der Waals surface area contributed by atoms with E-state index in [9.17, 15) is 9.59 Å². The molecular formula is C21H19BrN2O5. The van der Waals surface area contributed by atoms with E-state index in [2.05, 4.69) is 21.2 Å². The van der Waals surface area contributed by atoms with E-state index in [-0.39, 0.29) is 18.3 Å². The zero-order valence-electron chi connectivity index (χ0n) is 15.8. The summed E-state index contributed by atoms with van der Waals surface area (Å²) in [6.45, 7) is 0.207. The van der Waals surface area contributed by atoms with Crippen LogP contribution >= 0.6 is 15.9 Å². The Morgan fingerprint density at radius 2 is 1.72 bits per heavy atom. The molecule has 7 nitrogen and oxygen atoms in total. The molecule has 0 aliphatic heterocycles. The summed E-state index contributed by atoms with van der Waals surface area (Å²) in [4.78, 5) is 29.2. The predicted molar refractivity (Wildman–Crippen MR) is 111 cm³/mol. The first-order valence-corrected chi connectivity index (χ1v) is 9.46. The van der Waals surface area contributed by atoms with Gasteiger partial charge in [0.2, 0.25) is 0 Å². The zero-order chi connectivity index (χ0) is 20.8. The molecule has 3 aromatic rings. The molecule has 29 heavy (non-hydrogen) atoms. The number of carbonyl (C=O) groups is 2. The number of nitrogens with zero attached hydrogens (tertiary/aromatic N) is 1. The molecule has 2 aromatic carbocycles. The van der Waals surface area contributed by atoms with Crippen LogP contribution < -0.4 is 10.1 Å². The molecule has 150 valence electrons. The van der Waals surface area contributed by atoms with E-state index in [0.29, 0.717) is 22.8 Å². The summed E-state index contributed by atoms with van der Waals surface area (Å²) in [7, 11) is 2.93. The van der Waals surface area contributed by atoms with E-state index >= 15 is 0 Å². The highest BCUT2D eigenvalue weighted by atomic mass is 79.9. The Hall–Kier alpha value is -3.10. The lowest BCUT2D eigenvalue weighted by Crippen LogP contribution is -2.25. The molecule has 0 fully saturated rings. The normalized spacial score (nSPS) is 10.4. The number of hydrogen-bond donors (Lipinski definition) is 1. The number of anilines is 1. The van der Waals surface area contributed by atoms with E-state index in [0.717, 1.165) is 9.54 Å². The predicted octanol–water partition coefficient (Wildman–Crippen LogP) is 4.51. The van der Waals surface area contributed by atoms with Gasteiger partial charge >= 0.3 is 0 Å². The smallest absolute Gasteiger partial charge is 0.291 e. The number of hydroxylamine groups is 2. The zero-order valence-corrected chi connectivity index (χ0v) is 17.4. The molecule has 2 amide bonds. The van der Waals surface area contributed by atoms with Gasteiger partial charge in [0.05, 0.1) is 7.11 Å². The van der Waals surface area contributed by atoms with Crippen LogP contribution in [0.4, 0.5) is 5.69 Å². The second-order valence-electron chi connectivity index (χ2n) is 6.03. The summed E-state index contributed by atoms with van der Waals surface area (Å²) in [5, 5.41) is 3.85. The van der Waals surface area contributed by atoms with E-state index in [1.807, 2.05) is 24.3 Å². The Morgan fingerprint density at radius 1 is 1.03 bits per heavy atom. The van der Waals surface area contributed by atoms with Crippen molar-refractivity contribution in [3.05, 3.63) is 82.2 Å². The second-order valence-corrected chi connectivity index (χ2v) is 6.94. The van der Waals surface area contributed by atoms with Crippen molar-refractivity contribution >= 4 is 33.4 Å². The minimum atomic E-state index is -0.395. The van der Waals surface area contributed by atoms with Crippen molar-refractivity contribution in [2.75, 3.05) is 19.5 Å². The molecule has 0 atom stereocenters. The second kappa shape index (κ2) is 9.40. The Balaban J connectivity index is 1.57. The van der Waals surface area contributed by atoms with Crippen LogP contribution in [0.2, 0.25) is 0 Å². The molecular weight excluding hydrogens is 440 g/mol. The first-order valence-electron chi connectivity index (χ1n) is 8.67. The molecule has 0 radical (unpaired) electrons. The summed E-state index contributed by atoms with van der Waals surface area (Å²) in [6, 6.07) is 17.2. The fourth-order valence-electron chi connectivity index (χ4n) is 2.42. The fraction of sp³-hybridized carbons (Fsp3) is 0.143. The van der Waals surface area contributed by atoms with Gasteiger partial charge in [-0.3, -0.25) is 14.4 Å². The maximum Gasteiger partial charge on any atom is 0.291 e. The third kappa shape index (κ3) is 5.46. The third-order valence-electron chi connectivity index (χ3n) is 4.03. The standard InChI is InChI=1S/C21H19BrN2O5/c1-24(27-2)21(26)14-3-7-16(8-4-14)23-20(25)19-12-11-18(29-19)13-28-17-9-5-15(22)6-10-17/h3-12H,13H2,1-2H3,(H,23,25). The average Bonchev–Trinajstić information content (AvgIpc) is 3.22. The quantitative estimate of drug-likeness (QED) is 0.526. The summed E-state index contributed by atoms with van der Waals surface area (Å²) in [5.41, 5.74) is 0.980. The molecule has 0 spiro atoms. The lowest BCUT2D eigenvalue weighted by atomic mass is 10.2. The number of nitrogens with one attached hydrogen (secondary N) is 1. The summed E-state index contributed by atoms with van der Waals surface area (Å²) < 4.78 is 12.1. The molecule has 3 rings (SSSR count). The number of furan rings is 1. The highest BCUT2D eigenvalue weighted by molar-refractivity contribution is 9.10. The highest BCUT2D eigenvalue weighted by Crippen LogP contribution is 2.19. The third-order valence-corrected chi connectivity index (χ3v) is 4.56. The number of amides is 2. The van der Waals surface area contributed by atoms with Gasteiger partial charge in [-0.05, 0) is 60.7 Å². The van der Waals surface area contributed by atoms with Crippen molar-refractivity contribution in [1.82, 2.24) is 5.06 Å². The summed E-state index contributed by atoms with van der Waals surface area (Å²) in [6.07, 6.45) is 0. The average molecular weight is 459 g/mol. The van der Waals surface area contributed by atoms with E-state index in [1.54, 1.807) is 36.4 Å². The van der Waals surface area contributed by atoms with Crippen LogP contribution in [0.1, 0.15) is 26.7 Å². The van der Waals surface area contributed by atoms with Crippen LogP contribution in [0.15, 0.2) is 69.6 Å². The first kappa shape index (κ1) is 20.6. The van der Waals surface area contributed by atoms with Gasteiger partial charge < -0.3 is 14.5 Å². The maximum atomic E-state index is 12.4. The van der Waals surface area contributed by atoms with Crippen molar-refractivity contribution < 1.29 is 23.6 Å². The lowest BCUT2D eigenvalue weighted by Gasteiger charge is -2.13.